The number of piperidine rings is 1. The van der Waals surface area contributed by atoms with Gasteiger partial charge in [-0.05, 0) is 13.3 Å². The lowest BCUT2D eigenvalue weighted by Crippen LogP contribution is -2.52. The molecule has 3 amide bonds. The van der Waals surface area contributed by atoms with Crippen LogP contribution in [0, 0.1) is 0 Å². The summed E-state index contributed by atoms with van der Waals surface area (Å²) in [5.74, 6) is -0.876. The lowest BCUT2D eigenvalue weighted by atomic mass is 10.1. The standard InChI is InChI=1S/C11H19N3O4/c1-7(5-10(16)17)12-11(18)13-8-3-4-9(15)14(2)6-8/h7-8H,3-6H2,1-2H3,(H,16,17)(H2,12,13,18). The number of nitrogens with one attached hydrogen (secondary N) is 2. The van der Waals surface area contributed by atoms with E-state index in [0.29, 0.717) is 19.4 Å². The quantitative estimate of drug-likeness (QED) is 0.647. The van der Waals surface area contributed by atoms with Crippen LogP contribution in [-0.2, 0) is 9.59 Å². The molecule has 0 saturated carbocycles. The number of carbonyl (C=O) groups is 3. The van der Waals surface area contributed by atoms with Crippen molar-refractivity contribution >= 4 is 17.9 Å². The molecule has 2 unspecified atom stereocenters. The molecule has 0 aromatic heterocycles. The van der Waals surface area contributed by atoms with Crippen LogP contribution in [0.2, 0.25) is 0 Å². The number of hydrogen-bond donors (Lipinski definition) is 3. The van der Waals surface area contributed by atoms with Gasteiger partial charge in [0.2, 0.25) is 5.91 Å². The van der Waals surface area contributed by atoms with E-state index < -0.39 is 18.0 Å². The van der Waals surface area contributed by atoms with Crippen LogP contribution in [0.5, 0.6) is 0 Å². The van der Waals surface area contributed by atoms with Gasteiger partial charge < -0.3 is 20.6 Å². The molecular formula is C11H19N3O4. The molecule has 0 spiro atoms. The Bertz CT molecular complexity index is 345. The average molecular weight is 257 g/mol. The molecule has 0 radical (unpaired) electrons. The van der Waals surface area contributed by atoms with Gasteiger partial charge in [0.1, 0.15) is 0 Å². The highest BCUT2D eigenvalue weighted by atomic mass is 16.4. The first kappa shape index (κ1) is 14.3. The Hall–Kier alpha value is -1.79. The second-order valence-corrected chi connectivity index (χ2v) is 4.63. The third-order valence-corrected chi connectivity index (χ3v) is 2.82. The summed E-state index contributed by atoms with van der Waals surface area (Å²) < 4.78 is 0. The molecule has 102 valence electrons. The van der Waals surface area contributed by atoms with Gasteiger partial charge in [-0.3, -0.25) is 9.59 Å². The maximum atomic E-state index is 11.6. The van der Waals surface area contributed by atoms with Crippen LogP contribution in [0.1, 0.15) is 26.2 Å². The third kappa shape index (κ3) is 4.60. The van der Waals surface area contributed by atoms with E-state index in [0.717, 1.165) is 0 Å². The van der Waals surface area contributed by atoms with Gasteiger partial charge in [-0.15, -0.1) is 0 Å². The minimum absolute atomic E-state index is 0.0766. The van der Waals surface area contributed by atoms with Crippen molar-refractivity contribution in [2.45, 2.75) is 38.3 Å². The number of rotatable bonds is 4. The van der Waals surface area contributed by atoms with E-state index in [-0.39, 0.29) is 18.4 Å². The zero-order valence-electron chi connectivity index (χ0n) is 10.6. The topological polar surface area (TPSA) is 98.7 Å². The summed E-state index contributed by atoms with van der Waals surface area (Å²) in [6, 6.07) is -0.897. The summed E-state index contributed by atoms with van der Waals surface area (Å²) in [5.41, 5.74) is 0. The van der Waals surface area contributed by atoms with Crippen molar-refractivity contribution in [3.63, 3.8) is 0 Å². The van der Waals surface area contributed by atoms with Crippen LogP contribution >= 0.6 is 0 Å². The summed E-state index contributed by atoms with van der Waals surface area (Å²) >= 11 is 0. The van der Waals surface area contributed by atoms with Gasteiger partial charge in [0.05, 0.1) is 6.42 Å². The Balaban J connectivity index is 2.32. The van der Waals surface area contributed by atoms with Gasteiger partial charge in [0.25, 0.3) is 0 Å². The predicted molar refractivity (Wildman–Crippen MR) is 64.0 cm³/mol. The number of carbonyl (C=O) groups excluding carboxylic acids is 2. The first-order valence-corrected chi connectivity index (χ1v) is 5.91. The van der Waals surface area contributed by atoms with Crippen molar-refractivity contribution in [3.8, 4) is 0 Å². The van der Waals surface area contributed by atoms with E-state index in [1.165, 1.54) is 0 Å². The lowest BCUT2D eigenvalue weighted by molar-refractivity contribution is -0.137. The monoisotopic (exact) mass is 257 g/mol. The summed E-state index contributed by atoms with van der Waals surface area (Å²) in [7, 11) is 1.70. The minimum Gasteiger partial charge on any atom is -0.481 e. The van der Waals surface area contributed by atoms with Gasteiger partial charge in [-0.25, -0.2) is 4.79 Å². The van der Waals surface area contributed by atoms with Crippen LogP contribution in [0.3, 0.4) is 0 Å². The second kappa shape index (κ2) is 6.23. The molecule has 1 aliphatic rings. The van der Waals surface area contributed by atoms with Crippen molar-refractivity contribution in [3.05, 3.63) is 0 Å². The highest BCUT2D eigenvalue weighted by molar-refractivity contribution is 5.78. The summed E-state index contributed by atoms with van der Waals surface area (Å²) in [6.07, 6.45) is 0.923. The van der Waals surface area contributed by atoms with Crippen LogP contribution in [-0.4, -0.2) is 53.6 Å². The number of aliphatic carboxylic acids is 1. The molecule has 1 fully saturated rings. The molecule has 2 atom stereocenters. The zero-order chi connectivity index (χ0) is 13.7. The molecule has 0 aromatic rings. The van der Waals surface area contributed by atoms with E-state index in [1.807, 2.05) is 0 Å². The van der Waals surface area contributed by atoms with Crippen molar-refractivity contribution < 1.29 is 19.5 Å². The van der Waals surface area contributed by atoms with Crippen LogP contribution in [0.15, 0.2) is 0 Å². The van der Waals surface area contributed by atoms with Gasteiger partial charge >= 0.3 is 12.0 Å². The molecule has 7 nitrogen and oxygen atoms in total. The molecule has 0 aromatic carbocycles. The Morgan fingerprint density at radius 1 is 1.56 bits per heavy atom. The highest BCUT2D eigenvalue weighted by Gasteiger charge is 2.24. The summed E-state index contributed by atoms with van der Waals surface area (Å²) in [4.78, 5) is 34.9. The average Bonchev–Trinajstić information content (AvgIpc) is 2.21. The molecule has 3 N–H and O–H groups in total. The van der Waals surface area contributed by atoms with Crippen LogP contribution in [0.25, 0.3) is 0 Å². The van der Waals surface area contributed by atoms with E-state index in [9.17, 15) is 14.4 Å². The van der Waals surface area contributed by atoms with Crippen LogP contribution < -0.4 is 10.6 Å². The van der Waals surface area contributed by atoms with Crippen molar-refractivity contribution in [1.82, 2.24) is 15.5 Å². The number of hydrogen-bond acceptors (Lipinski definition) is 3. The normalized spacial score (nSPS) is 21.3. The maximum absolute atomic E-state index is 11.6. The third-order valence-electron chi connectivity index (χ3n) is 2.82. The van der Waals surface area contributed by atoms with Crippen molar-refractivity contribution in [1.29, 1.82) is 0 Å². The highest BCUT2D eigenvalue weighted by Crippen LogP contribution is 2.09. The Labute approximate surface area is 106 Å². The first-order valence-electron chi connectivity index (χ1n) is 5.91. The lowest BCUT2D eigenvalue weighted by Gasteiger charge is -2.30. The fraction of sp³-hybridized carbons (Fsp3) is 0.727. The van der Waals surface area contributed by atoms with E-state index in [4.69, 9.17) is 5.11 Å². The molecule has 1 aliphatic heterocycles. The van der Waals surface area contributed by atoms with E-state index >= 15 is 0 Å². The largest absolute Gasteiger partial charge is 0.481 e. The molecule has 1 rings (SSSR count). The molecular weight excluding hydrogens is 238 g/mol. The molecule has 0 bridgehead atoms. The van der Waals surface area contributed by atoms with Crippen molar-refractivity contribution in [2.24, 2.45) is 0 Å². The number of urea groups is 1. The fourth-order valence-corrected chi connectivity index (χ4v) is 1.89. The number of nitrogens with zero attached hydrogens (tertiary/aromatic N) is 1. The maximum Gasteiger partial charge on any atom is 0.315 e. The van der Waals surface area contributed by atoms with Gasteiger partial charge in [0, 0.05) is 32.1 Å². The molecule has 1 heterocycles. The zero-order valence-corrected chi connectivity index (χ0v) is 10.6. The molecule has 0 aliphatic carbocycles. The Kier molecular flexibility index (Phi) is 4.94. The van der Waals surface area contributed by atoms with Gasteiger partial charge in [0.15, 0.2) is 0 Å². The number of likely N-dealkylation sites (tertiary alicyclic amines) is 1. The minimum atomic E-state index is -0.953. The first-order chi connectivity index (χ1) is 8.38. The molecule has 7 heteroatoms. The van der Waals surface area contributed by atoms with E-state index in [1.54, 1.807) is 18.9 Å². The summed E-state index contributed by atoms with van der Waals surface area (Å²) in [5, 5.41) is 13.9. The second-order valence-electron chi connectivity index (χ2n) is 4.63. The Morgan fingerprint density at radius 2 is 2.22 bits per heavy atom. The number of carboxylic acids is 1. The summed E-state index contributed by atoms with van der Waals surface area (Å²) in [6.45, 7) is 2.11. The number of amides is 3. The number of likely N-dealkylation sites (N-methyl/N-ethyl adjacent to an activating group) is 1. The Morgan fingerprint density at radius 3 is 2.78 bits per heavy atom. The number of carboxylic acid groups (broad SMARTS) is 1. The molecule has 18 heavy (non-hydrogen) atoms. The van der Waals surface area contributed by atoms with E-state index in [2.05, 4.69) is 10.6 Å². The smallest absolute Gasteiger partial charge is 0.315 e. The molecule has 1 saturated heterocycles. The van der Waals surface area contributed by atoms with Gasteiger partial charge in [-0.2, -0.15) is 0 Å². The predicted octanol–water partition coefficient (Wildman–Crippen LogP) is -0.230. The van der Waals surface area contributed by atoms with Crippen LogP contribution in [0.4, 0.5) is 4.79 Å². The van der Waals surface area contributed by atoms with Gasteiger partial charge in [-0.1, -0.05) is 0 Å². The fourth-order valence-electron chi connectivity index (χ4n) is 1.89. The SMILES string of the molecule is CC(CC(=O)O)NC(=O)NC1CCC(=O)N(C)C1. The van der Waals surface area contributed by atoms with Crippen molar-refractivity contribution in [2.75, 3.05) is 13.6 Å².